The van der Waals surface area contributed by atoms with Crippen molar-refractivity contribution >= 4 is 12.4 Å². The molecule has 0 aliphatic heterocycles. The molecule has 0 unspecified atom stereocenters. The van der Waals surface area contributed by atoms with Crippen molar-refractivity contribution in [3.05, 3.63) is 24.0 Å². The highest BCUT2D eigenvalue weighted by molar-refractivity contribution is 5.85. The molecule has 0 spiro atoms. The Labute approximate surface area is 80.0 Å². The Morgan fingerprint density at radius 1 is 1.58 bits per heavy atom. The van der Waals surface area contributed by atoms with Gasteiger partial charge >= 0.3 is 0 Å². The zero-order chi connectivity index (χ0) is 8.10. The van der Waals surface area contributed by atoms with Crippen molar-refractivity contribution in [3.63, 3.8) is 0 Å². The van der Waals surface area contributed by atoms with E-state index < -0.39 is 0 Å². The van der Waals surface area contributed by atoms with Gasteiger partial charge in [-0.05, 0) is 18.6 Å². The molecule has 1 atom stereocenters. The van der Waals surface area contributed by atoms with Crippen molar-refractivity contribution in [1.29, 1.82) is 0 Å². The summed E-state index contributed by atoms with van der Waals surface area (Å²) in [7, 11) is 0. The average molecular weight is 189 g/mol. The first-order valence-corrected chi connectivity index (χ1v) is 4.23. The molecule has 0 saturated carbocycles. The maximum absolute atomic E-state index is 5.89. The monoisotopic (exact) mass is 188 g/mol. The fourth-order valence-electron chi connectivity index (χ4n) is 1.15. The Morgan fingerprint density at radius 3 is 2.83 bits per heavy atom. The number of unbranched alkanes of at least 4 members (excludes halogenated alkanes) is 1. The summed E-state index contributed by atoms with van der Waals surface area (Å²) in [6, 6.07) is 4.23. The first-order chi connectivity index (χ1) is 5.34. The number of aromatic nitrogens is 1. The Bertz CT molecular complexity index is 184. The minimum Gasteiger partial charge on any atom is -0.364 e. The molecular formula is C9H17ClN2. The molecule has 70 valence electrons. The molecule has 0 aliphatic carbocycles. The average Bonchev–Trinajstić information content (AvgIpc) is 2.52. The van der Waals surface area contributed by atoms with Crippen LogP contribution in [0.4, 0.5) is 0 Å². The SMILES string of the molecule is CCCC[C@@H](N)c1ccc[nH]1.Cl. The van der Waals surface area contributed by atoms with Gasteiger partial charge < -0.3 is 10.7 Å². The van der Waals surface area contributed by atoms with Crippen molar-refractivity contribution in [2.45, 2.75) is 32.2 Å². The van der Waals surface area contributed by atoms with E-state index in [0.717, 1.165) is 12.1 Å². The van der Waals surface area contributed by atoms with Gasteiger partial charge in [0.1, 0.15) is 0 Å². The van der Waals surface area contributed by atoms with Crippen LogP contribution in [0.5, 0.6) is 0 Å². The lowest BCUT2D eigenvalue weighted by atomic mass is 10.1. The number of hydrogen-bond acceptors (Lipinski definition) is 1. The van der Waals surface area contributed by atoms with Crippen LogP contribution in [0.2, 0.25) is 0 Å². The molecular weight excluding hydrogens is 172 g/mol. The zero-order valence-electron chi connectivity index (χ0n) is 7.42. The molecule has 0 fully saturated rings. The predicted octanol–water partition coefficient (Wildman–Crippen LogP) is 2.63. The summed E-state index contributed by atoms with van der Waals surface area (Å²) in [6.07, 6.45) is 5.42. The summed E-state index contributed by atoms with van der Waals surface area (Å²) >= 11 is 0. The quantitative estimate of drug-likeness (QED) is 0.750. The largest absolute Gasteiger partial charge is 0.364 e. The van der Waals surface area contributed by atoms with Crippen molar-refractivity contribution in [2.24, 2.45) is 5.73 Å². The number of nitrogens with two attached hydrogens (primary N) is 1. The second-order valence-corrected chi connectivity index (χ2v) is 2.87. The van der Waals surface area contributed by atoms with E-state index in [-0.39, 0.29) is 18.4 Å². The molecule has 3 N–H and O–H groups in total. The predicted molar refractivity (Wildman–Crippen MR) is 54.5 cm³/mol. The van der Waals surface area contributed by atoms with Gasteiger partial charge in [0.25, 0.3) is 0 Å². The lowest BCUT2D eigenvalue weighted by Gasteiger charge is -2.07. The lowest BCUT2D eigenvalue weighted by Crippen LogP contribution is -2.09. The Balaban J connectivity index is 0.00000121. The number of hydrogen-bond donors (Lipinski definition) is 2. The van der Waals surface area contributed by atoms with Gasteiger partial charge in [-0.3, -0.25) is 0 Å². The van der Waals surface area contributed by atoms with E-state index in [9.17, 15) is 0 Å². The van der Waals surface area contributed by atoms with E-state index >= 15 is 0 Å². The summed E-state index contributed by atoms with van der Waals surface area (Å²) < 4.78 is 0. The second kappa shape index (κ2) is 6.09. The van der Waals surface area contributed by atoms with E-state index in [1.54, 1.807) is 0 Å². The standard InChI is InChI=1S/C9H16N2.ClH/c1-2-3-5-8(10)9-6-4-7-11-9;/h4,6-8,11H,2-3,5,10H2,1H3;1H/t8-;/m1./s1. The molecule has 1 aromatic rings. The molecule has 0 radical (unpaired) electrons. The molecule has 1 rings (SSSR count). The van der Waals surface area contributed by atoms with Crippen LogP contribution >= 0.6 is 12.4 Å². The summed E-state index contributed by atoms with van der Waals surface area (Å²) in [5.41, 5.74) is 7.05. The number of halogens is 1. The normalized spacial score (nSPS) is 12.2. The molecule has 0 aromatic carbocycles. The van der Waals surface area contributed by atoms with Crippen LogP contribution in [0.3, 0.4) is 0 Å². The maximum Gasteiger partial charge on any atom is 0.0447 e. The first kappa shape index (κ1) is 11.5. The van der Waals surface area contributed by atoms with Crippen molar-refractivity contribution in [1.82, 2.24) is 4.98 Å². The molecule has 0 amide bonds. The highest BCUT2D eigenvalue weighted by Gasteiger charge is 2.03. The van der Waals surface area contributed by atoms with Gasteiger partial charge in [-0.25, -0.2) is 0 Å². The van der Waals surface area contributed by atoms with Crippen molar-refractivity contribution in [2.75, 3.05) is 0 Å². The lowest BCUT2D eigenvalue weighted by molar-refractivity contribution is 0.593. The van der Waals surface area contributed by atoms with Crippen molar-refractivity contribution in [3.8, 4) is 0 Å². The molecule has 0 bridgehead atoms. The van der Waals surface area contributed by atoms with Crippen LogP contribution in [0, 0.1) is 0 Å². The highest BCUT2D eigenvalue weighted by Crippen LogP contribution is 2.13. The summed E-state index contributed by atoms with van der Waals surface area (Å²) in [5, 5.41) is 0. The maximum atomic E-state index is 5.89. The van der Waals surface area contributed by atoms with Crippen LogP contribution < -0.4 is 5.73 Å². The molecule has 1 heterocycles. The van der Waals surface area contributed by atoms with Crippen LogP contribution in [0.1, 0.15) is 37.9 Å². The number of aromatic amines is 1. The topological polar surface area (TPSA) is 41.8 Å². The molecule has 0 aliphatic rings. The van der Waals surface area contributed by atoms with Crippen LogP contribution in [0.15, 0.2) is 18.3 Å². The Hall–Kier alpha value is -0.470. The number of H-pyrrole nitrogens is 1. The van der Waals surface area contributed by atoms with Crippen LogP contribution in [-0.2, 0) is 0 Å². The molecule has 3 heteroatoms. The molecule has 1 aromatic heterocycles. The van der Waals surface area contributed by atoms with Gasteiger partial charge in [0.05, 0.1) is 0 Å². The van der Waals surface area contributed by atoms with Gasteiger partial charge in [-0.1, -0.05) is 19.8 Å². The smallest absolute Gasteiger partial charge is 0.0447 e. The number of nitrogens with one attached hydrogen (secondary N) is 1. The van der Waals surface area contributed by atoms with Crippen LogP contribution in [0.25, 0.3) is 0 Å². The fourth-order valence-corrected chi connectivity index (χ4v) is 1.15. The van der Waals surface area contributed by atoms with Gasteiger partial charge in [-0.15, -0.1) is 12.4 Å². The Kier molecular flexibility index (Phi) is 5.85. The van der Waals surface area contributed by atoms with Crippen molar-refractivity contribution < 1.29 is 0 Å². The summed E-state index contributed by atoms with van der Waals surface area (Å²) in [5.74, 6) is 0. The molecule has 2 nitrogen and oxygen atoms in total. The Morgan fingerprint density at radius 2 is 2.33 bits per heavy atom. The van der Waals surface area contributed by atoms with E-state index in [1.165, 1.54) is 12.8 Å². The summed E-state index contributed by atoms with van der Waals surface area (Å²) in [6.45, 7) is 2.18. The first-order valence-electron chi connectivity index (χ1n) is 4.23. The molecule has 12 heavy (non-hydrogen) atoms. The summed E-state index contributed by atoms with van der Waals surface area (Å²) in [4.78, 5) is 3.12. The zero-order valence-corrected chi connectivity index (χ0v) is 8.23. The highest BCUT2D eigenvalue weighted by atomic mass is 35.5. The third kappa shape index (κ3) is 3.28. The van der Waals surface area contributed by atoms with Gasteiger partial charge in [-0.2, -0.15) is 0 Å². The van der Waals surface area contributed by atoms with E-state index in [1.807, 2.05) is 18.3 Å². The van der Waals surface area contributed by atoms with E-state index in [0.29, 0.717) is 0 Å². The van der Waals surface area contributed by atoms with Gasteiger partial charge in [0.2, 0.25) is 0 Å². The minimum atomic E-state index is 0. The van der Waals surface area contributed by atoms with Gasteiger partial charge in [0, 0.05) is 17.9 Å². The molecule has 0 saturated heterocycles. The van der Waals surface area contributed by atoms with Gasteiger partial charge in [0.15, 0.2) is 0 Å². The van der Waals surface area contributed by atoms with E-state index in [4.69, 9.17) is 5.73 Å². The second-order valence-electron chi connectivity index (χ2n) is 2.87. The fraction of sp³-hybridized carbons (Fsp3) is 0.556. The minimum absolute atomic E-state index is 0. The van der Waals surface area contributed by atoms with E-state index in [2.05, 4.69) is 11.9 Å². The van der Waals surface area contributed by atoms with Crippen LogP contribution in [-0.4, -0.2) is 4.98 Å². The number of rotatable bonds is 4. The third-order valence-electron chi connectivity index (χ3n) is 1.89. The third-order valence-corrected chi connectivity index (χ3v) is 1.89.